The maximum atomic E-state index is 11.2. The van der Waals surface area contributed by atoms with Crippen molar-refractivity contribution in [2.45, 2.75) is 18.9 Å². The van der Waals surface area contributed by atoms with Gasteiger partial charge in [-0.1, -0.05) is 0 Å². The molecule has 1 saturated heterocycles. The van der Waals surface area contributed by atoms with Gasteiger partial charge < -0.3 is 15.1 Å². The van der Waals surface area contributed by atoms with E-state index in [1.54, 1.807) is 0 Å². The lowest BCUT2D eigenvalue weighted by Crippen LogP contribution is -2.25. The summed E-state index contributed by atoms with van der Waals surface area (Å²) in [6.45, 7) is 1.26. The predicted molar refractivity (Wildman–Crippen MR) is 74.5 cm³/mol. The van der Waals surface area contributed by atoms with Crippen LogP contribution in [0, 0.1) is 22.0 Å². The van der Waals surface area contributed by atoms with E-state index in [2.05, 4.69) is 0 Å². The maximum Gasteiger partial charge on any atom is 0.335 e. The molecule has 1 aliphatic heterocycles. The fourth-order valence-corrected chi connectivity index (χ4v) is 3.50. The number of nitro benzene ring substituents is 1. The third-order valence-electron chi connectivity index (χ3n) is 4.58. The van der Waals surface area contributed by atoms with Gasteiger partial charge in [-0.3, -0.25) is 10.1 Å². The minimum atomic E-state index is -1.18. The molecule has 1 saturated carbocycles. The Morgan fingerprint density at radius 1 is 1.33 bits per heavy atom. The number of aliphatic hydroxyl groups excluding tert-OH is 1. The van der Waals surface area contributed by atoms with E-state index < -0.39 is 10.9 Å². The Hall–Kier alpha value is -2.15. The highest BCUT2D eigenvalue weighted by molar-refractivity contribution is 5.89. The molecule has 1 aromatic rings. The van der Waals surface area contributed by atoms with Gasteiger partial charge in [0.1, 0.15) is 5.69 Å². The highest BCUT2D eigenvalue weighted by Gasteiger charge is 2.43. The minimum absolute atomic E-state index is 0.0927. The van der Waals surface area contributed by atoms with Gasteiger partial charge in [-0.15, -0.1) is 0 Å². The molecule has 21 heavy (non-hydrogen) atoms. The summed E-state index contributed by atoms with van der Waals surface area (Å²) in [5.74, 6) is -0.666. The molecule has 0 radical (unpaired) electrons. The number of fused-ring (bicyclic) bond motifs is 1. The number of benzene rings is 1. The Labute approximate surface area is 121 Å². The average molecular weight is 292 g/mol. The standard InChI is InChI=1S/C14H16N2O5/c17-13-4-2-9-6-15(7-10(9)13)11-3-1-8(14(18)19)5-12(11)16(20)21/h1,3,5,9-10,13,17H,2,4,6-7H2,(H,18,19). The number of hydrogen-bond donors (Lipinski definition) is 2. The van der Waals surface area contributed by atoms with Gasteiger partial charge in [0.05, 0.1) is 16.6 Å². The zero-order chi connectivity index (χ0) is 15.1. The Kier molecular flexibility index (Phi) is 3.29. The van der Waals surface area contributed by atoms with Crippen molar-refractivity contribution in [1.29, 1.82) is 0 Å². The molecule has 3 atom stereocenters. The average Bonchev–Trinajstić information content (AvgIpc) is 3.00. The van der Waals surface area contributed by atoms with Crippen LogP contribution in [0.4, 0.5) is 11.4 Å². The molecular weight excluding hydrogens is 276 g/mol. The molecule has 2 aliphatic rings. The molecule has 0 aromatic heterocycles. The number of nitro groups is 1. The Morgan fingerprint density at radius 2 is 2.10 bits per heavy atom. The van der Waals surface area contributed by atoms with Gasteiger partial charge in [-0.2, -0.15) is 0 Å². The SMILES string of the molecule is O=C(O)c1ccc(N2CC3CCC(O)C3C2)c([N+](=O)[O-])c1. The summed E-state index contributed by atoms with van der Waals surface area (Å²) >= 11 is 0. The topological polar surface area (TPSA) is 104 Å². The first-order chi connectivity index (χ1) is 9.97. The third-order valence-corrected chi connectivity index (χ3v) is 4.58. The molecule has 1 aromatic carbocycles. The molecule has 3 rings (SSSR count). The van der Waals surface area contributed by atoms with Crippen LogP contribution in [-0.4, -0.2) is 40.3 Å². The summed E-state index contributed by atoms with van der Waals surface area (Å²) in [4.78, 5) is 23.5. The molecule has 2 fully saturated rings. The van der Waals surface area contributed by atoms with E-state index in [0.717, 1.165) is 18.9 Å². The largest absolute Gasteiger partial charge is 0.478 e. The number of aliphatic hydroxyl groups is 1. The number of anilines is 1. The highest BCUT2D eigenvalue weighted by atomic mass is 16.6. The van der Waals surface area contributed by atoms with Crippen LogP contribution in [0.5, 0.6) is 0 Å². The molecule has 1 aliphatic carbocycles. The quantitative estimate of drug-likeness (QED) is 0.646. The van der Waals surface area contributed by atoms with Crippen molar-refractivity contribution in [2.24, 2.45) is 11.8 Å². The fraction of sp³-hybridized carbons (Fsp3) is 0.500. The zero-order valence-electron chi connectivity index (χ0n) is 11.3. The van der Waals surface area contributed by atoms with E-state index in [-0.39, 0.29) is 23.3 Å². The number of carboxylic acid groups (broad SMARTS) is 1. The number of hydrogen-bond acceptors (Lipinski definition) is 5. The second kappa shape index (κ2) is 5.00. The number of carboxylic acids is 1. The van der Waals surface area contributed by atoms with Gasteiger partial charge in [0.2, 0.25) is 0 Å². The summed E-state index contributed by atoms with van der Waals surface area (Å²) in [5.41, 5.74) is 0.154. The molecule has 0 spiro atoms. The lowest BCUT2D eigenvalue weighted by molar-refractivity contribution is -0.384. The van der Waals surface area contributed by atoms with Crippen LogP contribution in [0.1, 0.15) is 23.2 Å². The zero-order valence-corrected chi connectivity index (χ0v) is 11.3. The third kappa shape index (κ3) is 2.33. The van der Waals surface area contributed by atoms with E-state index in [0.29, 0.717) is 24.7 Å². The lowest BCUT2D eigenvalue weighted by Gasteiger charge is -2.20. The molecule has 7 nitrogen and oxygen atoms in total. The van der Waals surface area contributed by atoms with Crippen molar-refractivity contribution in [3.05, 3.63) is 33.9 Å². The normalized spacial score (nSPS) is 27.7. The van der Waals surface area contributed by atoms with Gasteiger partial charge in [0.15, 0.2) is 0 Å². The van der Waals surface area contributed by atoms with Gasteiger partial charge in [0.25, 0.3) is 5.69 Å². The van der Waals surface area contributed by atoms with Crippen molar-refractivity contribution in [3.8, 4) is 0 Å². The van der Waals surface area contributed by atoms with Crippen LogP contribution in [0.2, 0.25) is 0 Å². The second-order valence-corrected chi connectivity index (χ2v) is 5.74. The summed E-state index contributed by atoms with van der Waals surface area (Å²) in [7, 11) is 0. The van der Waals surface area contributed by atoms with E-state index in [1.165, 1.54) is 12.1 Å². The van der Waals surface area contributed by atoms with Crippen molar-refractivity contribution >= 4 is 17.3 Å². The van der Waals surface area contributed by atoms with Crippen LogP contribution < -0.4 is 4.90 Å². The van der Waals surface area contributed by atoms with Gasteiger partial charge in [0, 0.05) is 25.1 Å². The molecule has 0 amide bonds. The molecule has 3 unspecified atom stereocenters. The lowest BCUT2D eigenvalue weighted by atomic mass is 10.00. The first kappa shape index (κ1) is 13.8. The number of aromatic carboxylic acids is 1. The van der Waals surface area contributed by atoms with Crippen molar-refractivity contribution in [1.82, 2.24) is 0 Å². The summed E-state index contributed by atoms with van der Waals surface area (Å²) in [6, 6.07) is 3.98. The van der Waals surface area contributed by atoms with Crippen LogP contribution in [-0.2, 0) is 0 Å². The first-order valence-corrected chi connectivity index (χ1v) is 6.92. The minimum Gasteiger partial charge on any atom is -0.478 e. The highest BCUT2D eigenvalue weighted by Crippen LogP contribution is 2.42. The Morgan fingerprint density at radius 3 is 2.71 bits per heavy atom. The van der Waals surface area contributed by atoms with Crippen LogP contribution in [0.15, 0.2) is 18.2 Å². The van der Waals surface area contributed by atoms with Crippen molar-refractivity contribution < 1.29 is 19.9 Å². The number of nitrogens with zero attached hydrogens (tertiary/aromatic N) is 2. The Balaban J connectivity index is 1.92. The Bertz CT molecular complexity index is 603. The van der Waals surface area contributed by atoms with Gasteiger partial charge in [-0.05, 0) is 30.9 Å². The van der Waals surface area contributed by atoms with Crippen molar-refractivity contribution in [3.63, 3.8) is 0 Å². The summed E-state index contributed by atoms with van der Waals surface area (Å²) < 4.78 is 0. The smallest absolute Gasteiger partial charge is 0.335 e. The van der Waals surface area contributed by atoms with E-state index >= 15 is 0 Å². The van der Waals surface area contributed by atoms with Crippen LogP contribution in [0.3, 0.4) is 0 Å². The monoisotopic (exact) mass is 292 g/mol. The van der Waals surface area contributed by atoms with Crippen molar-refractivity contribution in [2.75, 3.05) is 18.0 Å². The molecule has 0 bridgehead atoms. The molecule has 2 N–H and O–H groups in total. The first-order valence-electron chi connectivity index (χ1n) is 6.92. The van der Waals surface area contributed by atoms with E-state index in [1.807, 2.05) is 4.90 Å². The number of rotatable bonds is 3. The van der Waals surface area contributed by atoms with Gasteiger partial charge >= 0.3 is 5.97 Å². The number of carbonyl (C=O) groups is 1. The predicted octanol–water partition coefficient (Wildman–Crippen LogP) is 1.50. The van der Waals surface area contributed by atoms with Gasteiger partial charge in [-0.25, -0.2) is 4.79 Å². The molecule has 7 heteroatoms. The molecule has 1 heterocycles. The fourth-order valence-electron chi connectivity index (χ4n) is 3.50. The van der Waals surface area contributed by atoms with E-state index in [9.17, 15) is 20.0 Å². The molecule has 112 valence electrons. The summed E-state index contributed by atoms with van der Waals surface area (Å²) in [5, 5.41) is 30.1. The van der Waals surface area contributed by atoms with Crippen LogP contribution in [0.25, 0.3) is 0 Å². The van der Waals surface area contributed by atoms with E-state index in [4.69, 9.17) is 5.11 Å². The molecular formula is C14H16N2O5. The maximum absolute atomic E-state index is 11.2. The summed E-state index contributed by atoms with van der Waals surface area (Å²) in [6.07, 6.45) is 1.39. The van der Waals surface area contributed by atoms with Crippen LogP contribution >= 0.6 is 0 Å². The second-order valence-electron chi connectivity index (χ2n) is 5.74.